The summed E-state index contributed by atoms with van der Waals surface area (Å²) >= 11 is 0. The van der Waals surface area contributed by atoms with Crippen LogP contribution in [0.3, 0.4) is 0 Å². The number of hydrazone groups is 1. The van der Waals surface area contributed by atoms with Crippen LogP contribution in [0.1, 0.15) is 34.7 Å². The van der Waals surface area contributed by atoms with Gasteiger partial charge in [0.15, 0.2) is 11.5 Å². The summed E-state index contributed by atoms with van der Waals surface area (Å²) in [6.45, 7) is 4.14. The minimum absolute atomic E-state index is 0.0413. The van der Waals surface area contributed by atoms with Crippen LogP contribution in [0.15, 0.2) is 70.6 Å². The summed E-state index contributed by atoms with van der Waals surface area (Å²) in [5.74, 6) is 1.22. The van der Waals surface area contributed by atoms with Crippen LogP contribution in [0.2, 0.25) is 0 Å². The molecule has 0 spiro atoms. The smallest absolute Gasteiger partial charge is 0.263 e. The Labute approximate surface area is 209 Å². The highest BCUT2D eigenvalue weighted by Crippen LogP contribution is 2.41. The summed E-state index contributed by atoms with van der Waals surface area (Å²) in [5.41, 5.74) is 5.36. The predicted molar refractivity (Wildman–Crippen MR) is 143 cm³/mol. The Morgan fingerprint density at radius 1 is 0.944 bits per heavy atom. The predicted octanol–water partition coefficient (Wildman–Crippen LogP) is 5.23. The van der Waals surface area contributed by atoms with Crippen LogP contribution < -0.4 is 20.0 Å². The molecule has 0 bridgehead atoms. The molecule has 2 heterocycles. The third-order valence-corrected chi connectivity index (χ3v) is 7.02. The van der Waals surface area contributed by atoms with Gasteiger partial charge in [0, 0.05) is 18.9 Å². The summed E-state index contributed by atoms with van der Waals surface area (Å²) in [7, 11) is 4.93. The lowest BCUT2D eigenvalue weighted by Crippen LogP contribution is -2.24. The molecule has 3 aromatic carbocycles. The number of fused-ring (bicyclic) bond motifs is 1. The minimum Gasteiger partial charge on any atom is -0.506 e. The van der Waals surface area contributed by atoms with E-state index in [0.717, 1.165) is 16.8 Å². The first-order valence-electron chi connectivity index (χ1n) is 11.8. The van der Waals surface area contributed by atoms with Crippen LogP contribution >= 0.6 is 0 Å². The lowest BCUT2D eigenvalue weighted by atomic mass is 9.96. The number of aromatic hydroxyl groups is 1. The van der Waals surface area contributed by atoms with Crippen molar-refractivity contribution in [1.29, 1.82) is 0 Å². The van der Waals surface area contributed by atoms with Crippen LogP contribution in [0.25, 0.3) is 10.9 Å². The summed E-state index contributed by atoms with van der Waals surface area (Å²) in [6, 6.07) is 19.1. The Morgan fingerprint density at radius 2 is 1.69 bits per heavy atom. The Morgan fingerprint density at radius 3 is 2.42 bits per heavy atom. The average Bonchev–Trinajstić information content (AvgIpc) is 3.33. The second-order valence-electron chi connectivity index (χ2n) is 9.10. The number of para-hydroxylation sites is 1. The molecule has 1 unspecified atom stereocenters. The van der Waals surface area contributed by atoms with Crippen LogP contribution in [0.5, 0.6) is 17.2 Å². The molecule has 4 aromatic rings. The van der Waals surface area contributed by atoms with Crippen molar-refractivity contribution < 1.29 is 14.6 Å². The van der Waals surface area contributed by atoms with E-state index in [-0.39, 0.29) is 22.9 Å². The van der Waals surface area contributed by atoms with E-state index in [2.05, 4.69) is 26.0 Å². The van der Waals surface area contributed by atoms with E-state index in [9.17, 15) is 9.90 Å². The lowest BCUT2D eigenvalue weighted by molar-refractivity contribution is 0.354. The van der Waals surface area contributed by atoms with Crippen molar-refractivity contribution in [3.05, 3.63) is 93.3 Å². The molecule has 1 aliphatic heterocycles. The summed E-state index contributed by atoms with van der Waals surface area (Å²) in [6.07, 6.45) is 0.434. The second kappa shape index (κ2) is 9.07. The number of pyridine rings is 1. The van der Waals surface area contributed by atoms with Gasteiger partial charge in [0.25, 0.3) is 5.56 Å². The van der Waals surface area contributed by atoms with Gasteiger partial charge >= 0.3 is 0 Å². The number of benzene rings is 3. The van der Waals surface area contributed by atoms with Gasteiger partial charge in [-0.15, -0.1) is 0 Å². The topological polar surface area (TPSA) is 76.3 Å². The molecule has 0 amide bonds. The number of anilines is 1. The van der Waals surface area contributed by atoms with Gasteiger partial charge in [-0.25, -0.2) is 0 Å². The maximum absolute atomic E-state index is 13.4. The van der Waals surface area contributed by atoms with Crippen LogP contribution in [-0.2, 0) is 7.05 Å². The van der Waals surface area contributed by atoms with Crippen molar-refractivity contribution in [3.8, 4) is 17.2 Å². The highest BCUT2D eigenvalue weighted by Gasteiger charge is 2.34. The van der Waals surface area contributed by atoms with E-state index >= 15 is 0 Å². The first-order chi connectivity index (χ1) is 17.3. The number of ether oxygens (including phenoxy) is 2. The van der Waals surface area contributed by atoms with Crippen molar-refractivity contribution in [2.24, 2.45) is 12.1 Å². The highest BCUT2D eigenvalue weighted by molar-refractivity contribution is 6.08. The molecule has 7 heteroatoms. The second-order valence-corrected chi connectivity index (χ2v) is 9.10. The molecule has 184 valence electrons. The van der Waals surface area contributed by atoms with Gasteiger partial charge in [0.2, 0.25) is 0 Å². The van der Waals surface area contributed by atoms with Gasteiger partial charge in [0.05, 0.1) is 37.2 Å². The van der Waals surface area contributed by atoms with Gasteiger partial charge in [-0.2, -0.15) is 5.10 Å². The zero-order valence-corrected chi connectivity index (χ0v) is 21.1. The van der Waals surface area contributed by atoms with Gasteiger partial charge < -0.3 is 19.1 Å². The van der Waals surface area contributed by atoms with Gasteiger partial charge in [-0.05, 0) is 66.9 Å². The molecule has 5 rings (SSSR count). The van der Waals surface area contributed by atoms with Gasteiger partial charge in [-0.3, -0.25) is 9.80 Å². The molecule has 1 N–H and O–H groups in total. The molecule has 0 radical (unpaired) electrons. The van der Waals surface area contributed by atoms with Gasteiger partial charge in [-0.1, -0.05) is 24.3 Å². The quantitative estimate of drug-likeness (QED) is 0.420. The first kappa shape index (κ1) is 23.5. The molecular formula is C29H29N3O4. The number of rotatable bonds is 5. The Hall–Kier alpha value is -4.26. The first-order valence-corrected chi connectivity index (χ1v) is 11.8. The molecule has 1 atom stereocenters. The van der Waals surface area contributed by atoms with Crippen LogP contribution in [0.4, 0.5) is 5.69 Å². The summed E-state index contributed by atoms with van der Waals surface area (Å²) in [4.78, 5) is 13.4. The van der Waals surface area contributed by atoms with E-state index in [4.69, 9.17) is 14.6 Å². The molecule has 0 aliphatic carbocycles. The van der Waals surface area contributed by atoms with Crippen molar-refractivity contribution in [1.82, 2.24) is 4.57 Å². The number of hydrogen-bond donors (Lipinski definition) is 1. The van der Waals surface area contributed by atoms with E-state index < -0.39 is 0 Å². The van der Waals surface area contributed by atoms with E-state index in [1.165, 1.54) is 5.56 Å². The zero-order valence-electron chi connectivity index (χ0n) is 21.1. The van der Waals surface area contributed by atoms with Crippen molar-refractivity contribution in [2.75, 3.05) is 19.2 Å². The Balaban J connectivity index is 1.69. The number of hydrogen-bond acceptors (Lipinski definition) is 6. The molecule has 0 saturated carbocycles. The maximum Gasteiger partial charge on any atom is 0.263 e. The highest BCUT2D eigenvalue weighted by atomic mass is 16.5. The minimum atomic E-state index is -0.280. The molecule has 7 nitrogen and oxygen atoms in total. The third kappa shape index (κ3) is 3.77. The van der Waals surface area contributed by atoms with Crippen LogP contribution in [-0.4, -0.2) is 29.6 Å². The van der Waals surface area contributed by atoms with Crippen molar-refractivity contribution in [3.63, 3.8) is 0 Å². The molecule has 1 aliphatic rings. The molecule has 0 saturated heterocycles. The average molecular weight is 484 g/mol. The fourth-order valence-electron chi connectivity index (χ4n) is 4.83. The standard InChI is InChI=1S/C29H29N3O4/c1-17-10-12-20(14-18(17)2)32-24(19-11-13-25(35-4)26(15-19)36-5)16-22(30-32)27-28(33)21-8-6-7-9-23(21)31(3)29(27)34/h6-15,24,33H,16H2,1-5H3. The molecule has 1 aromatic heterocycles. The number of aromatic nitrogens is 1. The third-order valence-electron chi connectivity index (χ3n) is 7.02. The lowest BCUT2D eigenvalue weighted by Gasteiger charge is -2.25. The fourth-order valence-corrected chi connectivity index (χ4v) is 4.83. The van der Waals surface area contributed by atoms with Crippen LogP contribution in [0, 0.1) is 13.8 Å². The largest absolute Gasteiger partial charge is 0.506 e. The van der Waals surface area contributed by atoms with E-state index in [1.54, 1.807) is 25.8 Å². The van der Waals surface area contributed by atoms with Gasteiger partial charge in [0.1, 0.15) is 11.3 Å². The van der Waals surface area contributed by atoms with E-state index in [1.807, 2.05) is 53.5 Å². The Kier molecular flexibility index (Phi) is 5.92. The molecule has 36 heavy (non-hydrogen) atoms. The number of aryl methyl sites for hydroxylation is 3. The molecule has 0 fully saturated rings. The number of methoxy groups -OCH3 is 2. The monoisotopic (exact) mass is 483 g/mol. The zero-order chi connectivity index (χ0) is 25.6. The normalized spacial score (nSPS) is 15.3. The summed E-state index contributed by atoms with van der Waals surface area (Å²) in [5, 5.41) is 18.7. The van der Waals surface area contributed by atoms with Crippen molar-refractivity contribution in [2.45, 2.75) is 26.3 Å². The summed E-state index contributed by atoms with van der Waals surface area (Å²) < 4.78 is 12.5. The SMILES string of the molecule is COc1ccc(C2CC(c3c(O)c4ccccc4n(C)c3=O)=NN2c2ccc(C)c(C)c2)cc1OC. The number of nitrogens with zero attached hydrogens (tertiary/aromatic N) is 3. The van der Waals surface area contributed by atoms with E-state index in [0.29, 0.717) is 34.5 Å². The molecular weight excluding hydrogens is 454 g/mol. The van der Waals surface area contributed by atoms with Crippen molar-refractivity contribution >= 4 is 22.3 Å². The maximum atomic E-state index is 13.4. The fraction of sp³-hybridized carbons (Fsp3) is 0.241. The Bertz CT molecular complexity index is 1570.